The van der Waals surface area contributed by atoms with E-state index in [1.54, 1.807) is 0 Å². The number of carbonyl (C=O) groups excluding carboxylic acids is 2. The molecular formula is C24H33NO3. The van der Waals surface area contributed by atoms with E-state index in [0.717, 1.165) is 56.2 Å². The van der Waals surface area contributed by atoms with Crippen LogP contribution < -0.4 is 5.32 Å². The van der Waals surface area contributed by atoms with Crippen molar-refractivity contribution < 1.29 is 14.3 Å². The third kappa shape index (κ3) is 9.54. The van der Waals surface area contributed by atoms with Gasteiger partial charge in [0.1, 0.15) is 6.61 Å². The van der Waals surface area contributed by atoms with E-state index in [1.807, 2.05) is 30.3 Å². The fraction of sp³-hybridized carbons (Fsp3) is 0.500. The number of allylic oxidation sites excluding steroid dienone is 2. The highest BCUT2D eigenvalue weighted by Crippen LogP contribution is 2.16. The molecule has 2 rings (SSSR count). The van der Waals surface area contributed by atoms with Crippen LogP contribution in [0.2, 0.25) is 0 Å². The van der Waals surface area contributed by atoms with E-state index in [0.29, 0.717) is 25.4 Å². The van der Waals surface area contributed by atoms with Gasteiger partial charge in [0.25, 0.3) is 0 Å². The SMILES string of the molecule is CC1C=CC(COC(=O)CCCCCCCNC(=O)Cc2ccccc2)=CC1. The van der Waals surface area contributed by atoms with E-state index in [9.17, 15) is 9.59 Å². The van der Waals surface area contributed by atoms with E-state index in [1.165, 1.54) is 0 Å². The lowest BCUT2D eigenvalue weighted by Crippen LogP contribution is -2.26. The van der Waals surface area contributed by atoms with Gasteiger partial charge in [-0.25, -0.2) is 0 Å². The zero-order valence-corrected chi connectivity index (χ0v) is 17.0. The van der Waals surface area contributed by atoms with Gasteiger partial charge in [0.2, 0.25) is 5.91 Å². The molecule has 1 aromatic carbocycles. The molecule has 0 aromatic heterocycles. The topological polar surface area (TPSA) is 55.4 Å². The van der Waals surface area contributed by atoms with Crippen LogP contribution in [0.15, 0.2) is 54.1 Å². The van der Waals surface area contributed by atoms with Gasteiger partial charge in [-0.3, -0.25) is 9.59 Å². The molecule has 0 saturated carbocycles. The minimum atomic E-state index is -0.110. The first-order valence-corrected chi connectivity index (χ1v) is 10.5. The van der Waals surface area contributed by atoms with Gasteiger partial charge in [0.05, 0.1) is 6.42 Å². The minimum absolute atomic E-state index is 0.0753. The maximum absolute atomic E-state index is 11.8. The summed E-state index contributed by atoms with van der Waals surface area (Å²) < 4.78 is 5.33. The maximum Gasteiger partial charge on any atom is 0.306 e. The number of unbranched alkanes of at least 4 members (excludes halogenated alkanes) is 4. The van der Waals surface area contributed by atoms with E-state index in [4.69, 9.17) is 4.74 Å². The molecule has 0 saturated heterocycles. The molecule has 0 radical (unpaired) electrons. The van der Waals surface area contributed by atoms with E-state index in [-0.39, 0.29) is 11.9 Å². The molecule has 4 heteroatoms. The number of nitrogens with one attached hydrogen (secondary N) is 1. The first-order chi connectivity index (χ1) is 13.6. The predicted molar refractivity (Wildman–Crippen MR) is 113 cm³/mol. The van der Waals surface area contributed by atoms with Gasteiger partial charge >= 0.3 is 5.97 Å². The highest BCUT2D eigenvalue weighted by Gasteiger charge is 2.07. The zero-order chi connectivity index (χ0) is 20.0. The van der Waals surface area contributed by atoms with Crippen LogP contribution in [0.4, 0.5) is 0 Å². The van der Waals surface area contributed by atoms with Gasteiger partial charge in [-0.2, -0.15) is 0 Å². The summed E-state index contributed by atoms with van der Waals surface area (Å²) in [7, 11) is 0. The van der Waals surface area contributed by atoms with Crippen LogP contribution in [0.25, 0.3) is 0 Å². The molecule has 1 aromatic rings. The highest BCUT2D eigenvalue weighted by atomic mass is 16.5. The lowest BCUT2D eigenvalue weighted by Gasteiger charge is -2.12. The Morgan fingerprint density at radius 2 is 1.82 bits per heavy atom. The molecule has 0 bridgehead atoms. The van der Waals surface area contributed by atoms with Gasteiger partial charge in [0, 0.05) is 13.0 Å². The number of esters is 1. The summed E-state index contributed by atoms with van der Waals surface area (Å²) >= 11 is 0. The third-order valence-corrected chi connectivity index (χ3v) is 4.88. The molecule has 4 nitrogen and oxygen atoms in total. The average molecular weight is 384 g/mol. The van der Waals surface area contributed by atoms with E-state index >= 15 is 0 Å². The number of carbonyl (C=O) groups is 2. The van der Waals surface area contributed by atoms with Gasteiger partial charge in [0.15, 0.2) is 0 Å². The summed E-state index contributed by atoms with van der Waals surface area (Å²) in [5.41, 5.74) is 2.14. The van der Waals surface area contributed by atoms with E-state index in [2.05, 4.69) is 30.5 Å². The summed E-state index contributed by atoms with van der Waals surface area (Å²) in [6.45, 7) is 3.29. The predicted octanol–water partition coefficient (Wildman–Crippen LogP) is 4.75. The van der Waals surface area contributed by atoms with Gasteiger partial charge in [-0.1, -0.05) is 74.7 Å². The van der Waals surface area contributed by atoms with Crippen LogP contribution in [-0.4, -0.2) is 25.0 Å². The van der Waals surface area contributed by atoms with Crippen LogP contribution in [-0.2, 0) is 20.7 Å². The normalized spacial score (nSPS) is 15.8. The van der Waals surface area contributed by atoms with Gasteiger partial charge in [-0.05, 0) is 36.3 Å². The van der Waals surface area contributed by atoms with Gasteiger partial charge < -0.3 is 10.1 Å². The van der Waals surface area contributed by atoms with Crippen molar-refractivity contribution >= 4 is 11.9 Å². The monoisotopic (exact) mass is 383 g/mol. The van der Waals surface area contributed by atoms with Crippen LogP contribution >= 0.6 is 0 Å². The van der Waals surface area contributed by atoms with Crippen molar-refractivity contribution in [2.24, 2.45) is 5.92 Å². The molecule has 0 aliphatic heterocycles. The number of hydrogen-bond donors (Lipinski definition) is 1. The molecule has 1 aliphatic rings. The van der Waals surface area contributed by atoms with Crippen LogP contribution in [0.1, 0.15) is 57.4 Å². The Labute approximate surface area is 169 Å². The molecule has 1 amide bonds. The van der Waals surface area contributed by atoms with Crippen molar-refractivity contribution in [2.75, 3.05) is 13.2 Å². The number of benzene rings is 1. The summed E-state index contributed by atoms with van der Waals surface area (Å²) in [5, 5.41) is 2.97. The molecule has 152 valence electrons. The Morgan fingerprint density at radius 1 is 1.07 bits per heavy atom. The third-order valence-electron chi connectivity index (χ3n) is 4.88. The molecule has 0 spiro atoms. The number of hydrogen-bond acceptors (Lipinski definition) is 3. The Morgan fingerprint density at radius 3 is 2.57 bits per heavy atom. The number of amides is 1. The molecule has 0 fully saturated rings. The molecular weight excluding hydrogens is 350 g/mol. The molecule has 1 atom stereocenters. The Kier molecular flexibility index (Phi) is 10.1. The lowest BCUT2D eigenvalue weighted by molar-refractivity contribution is -0.142. The molecule has 1 N–H and O–H groups in total. The van der Waals surface area contributed by atoms with Crippen molar-refractivity contribution in [3.05, 3.63) is 59.7 Å². The van der Waals surface area contributed by atoms with Crippen molar-refractivity contribution in [3.63, 3.8) is 0 Å². The fourth-order valence-electron chi connectivity index (χ4n) is 3.11. The summed E-state index contributed by atoms with van der Waals surface area (Å²) in [5.74, 6) is 0.545. The van der Waals surface area contributed by atoms with Gasteiger partial charge in [-0.15, -0.1) is 0 Å². The second kappa shape index (κ2) is 12.9. The van der Waals surface area contributed by atoms with Crippen molar-refractivity contribution in [1.82, 2.24) is 5.32 Å². The summed E-state index contributed by atoms with van der Waals surface area (Å²) in [6, 6.07) is 9.78. The fourth-order valence-corrected chi connectivity index (χ4v) is 3.11. The molecule has 1 unspecified atom stereocenters. The highest BCUT2D eigenvalue weighted by molar-refractivity contribution is 5.78. The Hall–Kier alpha value is -2.36. The van der Waals surface area contributed by atoms with E-state index < -0.39 is 0 Å². The van der Waals surface area contributed by atoms with Crippen molar-refractivity contribution in [1.29, 1.82) is 0 Å². The molecule has 28 heavy (non-hydrogen) atoms. The average Bonchev–Trinajstić information content (AvgIpc) is 2.70. The van der Waals surface area contributed by atoms with Crippen LogP contribution in [0.5, 0.6) is 0 Å². The minimum Gasteiger partial charge on any atom is -0.461 e. The Balaban J connectivity index is 1.40. The first kappa shape index (κ1) is 21.9. The van der Waals surface area contributed by atoms with Crippen LogP contribution in [0, 0.1) is 5.92 Å². The molecule has 0 heterocycles. The zero-order valence-electron chi connectivity index (χ0n) is 17.0. The second-order valence-corrected chi connectivity index (χ2v) is 7.54. The number of rotatable bonds is 12. The Bertz CT molecular complexity index is 664. The smallest absolute Gasteiger partial charge is 0.306 e. The summed E-state index contributed by atoms with van der Waals surface area (Å²) in [4.78, 5) is 23.6. The number of ether oxygens (including phenoxy) is 1. The van der Waals surface area contributed by atoms with Crippen molar-refractivity contribution in [2.45, 2.75) is 58.3 Å². The molecule has 1 aliphatic carbocycles. The van der Waals surface area contributed by atoms with Crippen LogP contribution in [0.3, 0.4) is 0 Å². The quantitative estimate of drug-likeness (QED) is 0.418. The second-order valence-electron chi connectivity index (χ2n) is 7.54. The standard InChI is InChI=1S/C24H33NO3/c1-20-13-15-22(16-14-20)19-28-24(27)12-8-3-2-4-9-17-25-23(26)18-21-10-6-5-7-11-21/h5-7,10-11,13,15-16,20H,2-4,8-9,12,14,17-19H2,1H3,(H,25,26). The van der Waals surface area contributed by atoms with Crippen molar-refractivity contribution in [3.8, 4) is 0 Å². The first-order valence-electron chi connectivity index (χ1n) is 10.5. The maximum atomic E-state index is 11.8. The summed E-state index contributed by atoms with van der Waals surface area (Å²) in [6.07, 6.45) is 13.3. The lowest BCUT2D eigenvalue weighted by atomic mass is 9.99. The largest absolute Gasteiger partial charge is 0.461 e.